The van der Waals surface area contributed by atoms with Gasteiger partial charge in [-0.3, -0.25) is 9.79 Å². The first-order valence-electron chi connectivity index (χ1n) is 9.49. The van der Waals surface area contributed by atoms with Crippen LogP contribution in [0.25, 0.3) is 0 Å². The maximum atomic E-state index is 13.6. The summed E-state index contributed by atoms with van der Waals surface area (Å²) in [6.07, 6.45) is 1.52. The van der Waals surface area contributed by atoms with Crippen LogP contribution < -0.4 is 5.32 Å². The minimum absolute atomic E-state index is 0. The molecule has 1 N–H and O–H groups in total. The number of nitrogens with zero attached hydrogens (tertiary/aromatic N) is 3. The van der Waals surface area contributed by atoms with Gasteiger partial charge in [0.05, 0.1) is 25.6 Å². The summed E-state index contributed by atoms with van der Waals surface area (Å²) in [5, 5.41) is 3.33. The lowest BCUT2D eigenvalue weighted by molar-refractivity contribution is -0.146. The number of benzene rings is 1. The molecule has 0 amide bonds. The number of guanidine groups is 1. The van der Waals surface area contributed by atoms with E-state index >= 15 is 0 Å². The Morgan fingerprint density at radius 2 is 2.07 bits per heavy atom. The van der Waals surface area contributed by atoms with E-state index in [2.05, 4.69) is 10.2 Å². The van der Waals surface area contributed by atoms with Gasteiger partial charge in [0.15, 0.2) is 5.96 Å². The van der Waals surface area contributed by atoms with Crippen molar-refractivity contribution in [3.8, 4) is 0 Å². The largest absolute Gasteiger partial charge is 0.469 e. The maximum Gasteiger partial charge on any atom is 0.308 e. The number of esters is 1. The molecule has 1 heterocycles. The molecule has 1 aliphatic heterocycles. The number of rotatable bonds is 6. The monoisotopic (exact) mass is 506 g/mol. The molecule has 0 radical (unpaired) electrons. The molecule has 2 rings (SSSR count). The molecule has 1 saturated heterocycles. The van der Waals surface area contributed by atoms with E-state index in [1.54, 1.807) is 12.1 Å². The summed E-state index contributed by atoms with van der Waals surface area (Å²) in [5.74, 6) is 0.440. The summed E-state index contributed by atoms with van der Waals surface area (Å²) in [4.78, 5) is 20.8. The van der Waals surface area contributed by atoms with Gasteiger partial charge in [0, 0.05) is 19.6 Å². The van der Waals surface area contributed by atoms with Crippen molar-refractivity contribution >= 4 is 35.9 Å². The van der Waals surface area contributed by atoms with Crippen LogP contribution in [-0.4, -0.2) is 69.1 Å². The molecule has 28 heavy (non-hydrogen) atoms. The Balaban J connectivity index is 0.00000392. The standard InChI is InChI=1S/C20H31FN4O2.HI/c1-5-22-20(25-11-9-15(10-12-25)19(26)27-4)23-14-18(24(2)3)16-7-6-8-17(21)13-16;/h6-8,13,15,18H,5,9-12,14H2,1-4H3,(H,22,23);1H. The minimum Gasteiger partial charge on any atom is -0.469 e. The minimum atomic E-state index is -0.236. The molecule has 1 aromatic carbocycles. The number of hydrogen-bond donors (Lipinski definition) is 1. The topological polar surface area (TPSA) is 57.2 Å². The normalized spacial score (nSPS) is 16.5. The maximum absolute atomic E-state index is 13.6. The van der Waals surface area contributed by atoms with Gasteiger partial charge in [-0.2, -0.15) is 0 Å². The lowest BCUT2D eigenvalue weighted by atomic mass is 9.97. The molecule has 0 aromatic heterocycles. The molecule has 1 aliphatic rings. The average Bonchev–Trinajstić information content (AvgIpc) is 2.66. The molecule has 1 fully saturated rings. The molecule has 6 nitrogen and oxygen atoms in total. The molecule has 0 spiro atoms. The van der Waals surface area contributed by atoms with Crippen LogP contribution in [0, 0.1) is 11.7 Å². The SMILES string of the molecule is CCNC(=NCC(c1cccc(F)c1)N(C)C)N1CCC(C(=O)OC)CC1.I. The Labute approximate surface area is 184 Å². The van der Waals surface area contributed by atoms with E-state index in [9.17, 15) is 9.18 Å². The Kier molecular flexibility index (Phi) is 10.7. The van der Waals surface area contributed by atoms with Gasteiger partial charge in [0.2, 0.25) is 0 Å². The van der Waals surface area contributed by atoms with Gasteiger partial charge in [-0.25, -0.2) is 4.39 Å². The van der Waals surface area contributed by atoms with Gasteiger partial charge >= 0.3 is 5.97 Å². The molecule has 1 aromatic rings. The van der Waals surface area contributed by atoms with E-state index in [1.165, 1.54) is 13.2 Å². The number of carbonyl (C=O) groups is 1. The summed E-state index contributed by atoms with van der Waals surface area (Å²) in [7, 11) is 5.38. The molecule has 0 bridgehead atoms. The average molecular weight is 506 g/mol. The number of halogens is 2. The summed E-state index contributed by atoms with van der Waals surface area (Å²) in [6, 6.07) is 6.66. The van der Waals surface area contributed by atoms with Crippen molar-refractivity contribution in [2.45, 2.75) is 25.8 Å². The molecule has 1 unspecified atom stereocenters. The zero-order valence-electron chi connectivity index (χ0n) is 17.2. The first-order chi connectivity index (χ1) is 13.0. The molecule has 1 atom stereocenters. The molecular weight excluding hydrogens is 474 g/mol. The van der Waals surface area contributed by atoms with Gasteiger partial charge in [-0.1, -0.05) is 12.1 Å². The van der Waals surface area contributed by atoms with Crippen LogP contribution in [0.2, 0.25) is 0 Å². The Morgan fingerprint density at radius 3 is 2.61 bits per heavy atom. The number of methoxy groups -OCH3 is 1. The number of piperidine rings is 1. The first-order valence-corrected chi connectivity index (χ1v) is 9.49. The molecule has 158 valence electrons. The first kappa shape index (κ1) is 24.6. The van der Waals surface area contributed by atoms with Crippen LogP contribution in [0.15, 0.2) is 29.3 Å². The van der Waals surface area contributed by atoms with Crippen molar-refractivity contribution in [2.24, 2.45) is 10.9 Å². The van der Waals surface area contributed by atoms with Crippen molar-refractivity contribution in [3.63, 3.8) is 0 Å². The highest BCUT2D eigenvalue weighted by Gasteiger charge is 2.27. The number of ether oxygens (including phenoxy) is 1. The van der Waals surface area contributed by atoms with Gasteiger partial charge < -0.3 is 19.9 Å². The van der Waals surface area contributed by atoms with Crippen LogP contribution in [0.4, 0.5) is 4.39 Å². The van der Waals surface area contributed by atoms with Gasteiger partial charge in [0.25, 0.3) is 0 Å². The lowest BCUT2D eigenvalue weighted by Gasteiger charge is -2.33. The second kappa shape index (κ2) is 12.2. The zero-order chi connectivity index (χ0) is 19.8. The lowest BCUT2D eigenvalue weighted by Crippen LogP contribution is -2.47. The van der Waals surface area contributed by atoms with E-state index in [0.717, 1.165) is 44.0 Å². The highest BCUT2D eigenvalue weighted by Crippen LogP contribution is 2.21. The smallest absolute Gasteiger partial charge is 0.308 e. The number of nitrogens with one attached hydrogen (secondary N) is 1. The second-order valence-corrected chi connectivity index (χ2v) is 7.01. The van der Waals surface area contributed by atoms with Crippen LogP contribution in [0.1, 0.15) is 31.4 Å². The van der Waals surface area contributed by atoms with Gasteiger partial charge in [-0.05, 0) is 51.6 Å². The second-order valence-electron chi connectivity index (χ2n) is 7.01. The van der Waals surface area contributed by atoms with Crippen molar-refractivity contribution in [3.05, 3.63) is 35.6 Å². The third-order valence-corrected chi connectivity index (χ3v) is 4.93. The predicted octanol–water partition coefficient (Wildman–Crippen LogP) is 2.90. The number of carbonyl (C=O) groups excluding carboxylic acids is 1. The van der Waals surface area contributed by atoms with E-state index < -0.39 is 0 Å². The van der Waals surface area contributed by atoms with Crippen molar-refractivity contribution in [1.82, 2.24) is 15.1 Å². The summed E-state index contributed by atoms with van der Waals surface area (Å²) in [6.45, 7) is 4.85. The number of likely N-dealkylation sites (tertiary alicyclic amines) is 1. The molecular formula is C20H32FIN4O2. The fourth-order valence-electron chi connectivity index (χ4n) is 3.37. The van der Waals surface area contributed by atoms with Crippen LogP contribution in [0.3, 0.4) is 0 Å². The fourth-order valence-corrected chi connectivity index (χ4v) is 3.37. The summed E-state index contributed by atoms with van der Waals surface area (Å²) >= 11 is 0. The van der Waals surface area contributed by atoms with E-state index in [1.807, 2.05) is 32.0 Å². The Bertz CT molecular complexity index is 649. The fraction of sp³-hybridized carbons (Fsp3) is 0.600. The molecule has 0 saturated carbocycles. The van der Waals surface area contributed by atoms with Gasteiger partial charge in [0.1, 0.15) is 5.82 Å². The summed E-state index contributed by atoms with van der Waals surface area (Å²) in [5.41, 5.74) is 0.906. The summed E-state index contributed by atoms with van der Waals surface area (Å²) < 4.78 is 18.5. The van der Waals surface area contributed by atoms with Crippen molar-refractivity contribution < 1.29 is 13.9 Å². The van der Waals surface area contributed by atoms with E-state index in [4.69, 9.17) is 9.73 Å². The van der Waals surface area contributed by atoms with Crippen LogP contribution in [-0.2, 0) is 9.53 Å². The molecule has 0 aliphatic carbocycles. The van der Waals surface area contributed by atoms with Crippen LogP contribution in [0.5, 0.6) is 0 Å². The van der Waals surface area contributed by atoms with Crippen molar-refractivity contribution in [2.75, 3.05) is 47.4 Å². The highest BCUT2D eigenvalue weighted by molar-refractivity contribution is 14.0. The Hall–Kier alpha value is -1.42. The predicted molar refractivity (Wildman–Crippen MR) is 121 cm³/mol. The highest BCUT2D eigenvalue weighted by atomic mass is 127. The number of hydrogen-bond acceptors (Lipinski definition) is 4. The zero-order valence-corrected chi connectivity index (χ0v) is 19.5. The van der Waals surface area contributed by atoms with Crippen LogP contribution >= 0.6 is 24.0 Å². The molecule has 8 heteroatoms. The number of likely N-dealkylation sites (N-methyl/N-ethyl adjacent to an activating group) is 1. The number of aliphatic imine (C=N–C) groups is 1. The third kappa shape index (κ3) is 6.88. The van der Waals surface area contributed by atoms with Crippen molar-refractivity contribution in [1.29, 1.82) is 0 Å². The Morgan fingerprint density at radius 1 is 1.39 bits per heavy atom. The van der Waals surface area contributed by atoms with E-state index in [0.29, 0.717) is 6.54 Å². The quantitative estimate of drug-likeness (QED) is 0.279. The van der Waals surface area contributed by atoms with E-state index in [-0.39, 0.29) is 47.7 Å². The van der Waals surface area contributed by atoms with Gasteiger partial charge in [-0.15, -0.1) is 24.0 Å². The third-order valence-electron chi connectivity index (χ3n) is 4.93.